The summed E-state index contributed by atoms with van der Waals surface area (Å²) in [6.45, 7) is -0.182. The Bertz CT molecular complexity index is 699. The minimum absolute atomic E-state index is 0.00394. The van der Waals surface area contributed by atoms with E-state index in [1.807, 2.05) is 0 Å². The summed E-state index contributed by atoms with van der Waals surface area (Å²) in [6.07, 6.45) is 0.862. The Kier molecular flexibility index (Phi) is 5.43. The Hall–Kier alpha value is -0.575. The normalized spacial score (nSPS) is 22.8. The monoisotopic (exact) mass is 432 g/mol. The highest BCUT2D eigenvalue weighted by Crippen LogP contribution is 2.44. The van der Waals surface area contributed by atoms with Crippen LogP contribution in [0.2, 0.25) is 0 Å². The van der Waals surface area contributed by atoms with Crippen LogP contribution in [0.25, 0.3) is 0 Å². The minimum atomic E-state index is -6.10. The zero-order valence-electron chi connectivity index (χ0n) is 13.3. The van der Waals surface area contributed by atoms with Crippen LogP contribution in [0.15, 0.2) is 0 Å². The van der Waals surface area contributed by atoms with E-state index in [1.165, 1.54) is 0 Å². The van der Waals surface area contributed by atoms with E-state index in [9.17, 15) is 43.2 Å². The van der Waals surface area contributed by atoms with E-state index in [0.29, 0.717) is 12.8 Å². The summed E-state index contributed by atoms with van der Waals surface area (Å²) in [5, 5.41) is 0. The molecule has 7 nitrogen and oxygen atoms in total. The summed E-state index contributed by atoms with van der Waals surface area (Å²) in [7, 11) is -14.7. The van der Waals surface area contributed by atoms with Crippen molar-refractivity contribution >= 4 is 27.2 Å². The number of halogens is 6. The molecular formula is C10H15BF6N2O5S2. The zero-order chi connectivity index (χ0) is 20.2. The smallest absolute Gasteiger partial charge is 0.406 e. The zero-order valence-corrected chi connectivity index (χ0v) is 15.0. The van der Waals surface area contributed by atoms with E-state index in [-0.39, 0.29) is 21.5 Å². The number of alkyl halides is 6. The van der Waals surface area contributed by atoms with Gasteiger partial charge in [-0.25, -0.2) is 16.8 Å². The molecule has 0 atom stereocenters. The quantitative estimate of drug-likeness (QED) is 0.486. The first-order valence-corrected chi connectivity index (χ1v) is 10.2. The molecule has 3 aliphatic rings. The Labute approximate surface area is 146 Å². The molecule has 3 heterocycles. The van der Waals surface area contributed by atoms with Crippen molar-refractivity contribution < 1.29 is 47.8 Å². The first-order valence-electron chi connectivity index (χ1n) is 7.37. The van der Waals surface area contributed by atoms with Gasteiger partial charge in [0.05, 0.1) is 0 Å². The summed E-state index contributed by atoms with van der Waals surface area (Å²) >= 11 is 0. The van der Waals surface area contributed by atoms with Crippen molar-refractivity contribution in [2.45, 2.75) is 37.2 Å². The molecule has 3 saturated heterocycles. The topological polar surface area (TPSA) is 84.0 Å². The molecule has 0 aliphatic carbocycles. The molecule has 0 N–H and O–H groups in total. The van der Waals surface area contributed by atoms with Crippen molar-refractivity contribution in [1.29, 1.82) is 0 Å². The highest BCUT2D eigenvalue weighted by atomic mass is 32.2. The van der Waals surface area contributed by atoms with Crippen LogP contribution < -0.4 is 0 Å². The summed E-state index contributed by atoms with van der Waals surface area (Å²) in [5.74, 6) is 0. The Morgan fingerprint density at radius 2 is 1.38 bits per heavy atom. The van der Waals surface area contributed by atoms with E-state index in [2.05, 4.69) is 0 Å². The molecule has 0 aromatic carbocycles. The second-order valence-electron chi connectivity index (χ2n) is 6.23. The lowest BCUT2D eigenvalue weighted by molar-refractivity contribution is -0.0596. The predicted octanol–water partition coefficient (Wildman–Crippen LogP) is 1.49. The molecule has 0 amide bonds. The van der Waals surface area contributed by atoms with Crippen LogP contribution in [0, 0.1) is 5.41 Å². The fourth-order valence-electron chi connectivity index (χ4n) is 2.98. The largest absolute Gasteiger partial charge is 0.510 e. The minimum Gasteiger partial charge on any atom is -0.406 e. The van der Waals surface area contributed by atoms with Gasteiger partial charge in [-0.15, -0.1) is 0 Å². The van der Waals surface area contributed by atoms with Crippen molar-refractivity contribution in [2.24, 2.45) is 5.41 Å². The molecule has 16 heteroatoms. The lowest BCUT2D eigenvalue weighted by atomic mass is 9.73. The maximum atomic E-state index is 12.9. The fourth-order valence-corrected chi connectivity index (χ4v) is 5.28. The number of hydrogen-bond donors (Lipinski definition) is 0. The standard InChI is InChI=1S/C10H15BF6N2O5S2/c1-2-3-4-8-5-18(25(20,21)9(12,13)14)11(24-7-8)19(6-8)26(22,23)10(15,16)17/h2-7H2,1H3. The van der Waals surface area contributed by atoms with Crippen molar-refractivity contribution in [2.75, 3.05) is 19.7 Å². The van der Waals surface area contributed by atoms with Gasteiger partial charge in [-0.1, -0.05) is 19.8 Å². The van der Waals surface area contributed by atoms with E-state index in [0.717, 1.165) is 0 Å². The van der Waals surface area contributed by atoms with E-state index >= 15 is 0 Å². The molecule has 26 heavy (non-hydrogen) atoms. The molecule has 3 fully saturated rings. The lowest BCUT2D eigenvalue weighted by Crippen LogP contribution is -2.75. The molecule has 0 radical (unpaired) electrons. The van der Waals surface area contributed by atoms with Crippen LogP contribution in [0.1, 0.15) is 26.2 Å². The summed E-state index contributed by atoms with van der Waals surface area (Å²) in [6, 6.07) is 0. The van der Waals surface area contributed by atoms with E-state index in [1.54, 1.807) is 6.92 Å². The van der Waals surface area contributed by atoms with Crippen molar-refractivity contribution in [3.63, 3.8) is 0 Å². The number of rotatable bonds is 5. The molecule has 152 valence electrons. The van der Waals surface area contributed by atoms with Gasteiger partial charge in [0.15, 0.2) is 0 Å². The Morgan fingerprint density at radius 3 is 1.73 bits per heavy atom. The van der Waals surface area contributed by atoms with Gasteiger partial charge in [-0.3, -0.25) is 0 Å². The first kappa shape index (κ1) is 21.7. The summed E-state index contributed by atoms with van der Waals surface area (Å²) in [4.78, 5) is 0. The summed E-state index contributed by atoms with van der Waals surface area (Å²) < 4.78 is 129. The number of nitrogens with zero attached hydrogens (tertiary/aromatic N) is 2. The molecule has 0 aromatic rings. The van der Waals surface area contributed by atoms with Gasteiger partial charge in [0.1, 0.15) is 0 Å². The Morgan fingerprint density at radius 1 is 0.962 bits per heavy atom. The molecular weight excluding hydrogens is 417 g/mol. The SMILES string of the molecule is CCCCC12COB(N(S(=O)(=O)C(F)(F)F)C1)N(S(=O)(=O)C(F)(F)F)C2. The third kappa shape index (κ3) is 3.45. The van der Waals surface area contributed by atoms with Gasteiger partial charge in [-0.05, 0) is 6.42 Å². The van der Waals surface area contributed by atoms with Crippen LogP contribution in [-0.2, 0) is 24.7 Å². The van der Waals surface area contributed by atoms with E-state index in [4.69, 9.17) is 4.65 Å². The van der Waals surface area contributed by atoms with E-state index < -0.39 is 56.8 Å². The number of sulfonamides is 2. The van der Waals surface area contributed by atoms with Crippen LogP contribution >= 0.6 is 0 Å². The maximum Gasteiger partial charge on any atom is 0.510 e. The Balaban J connectivity index is 2.54. The second kappa shape index (κ2) is 6.50. The van der Waals surface area contributed by atoms with Gasteiger partial charge in [0.25, 0.3) is 0 Å². The van der Waals surface area contributed by atoms with Gasteiger partial charge in [-0.2, -0.15) is 34.8 Å². The third-order valence-electron chi connectivity index (χ3n) is 4.28. The van der Waals surface area contributed by atoms with Gasteiger partial charge >= 0.3 is 38.2 Å². The molecule has 0 unspecified atom stereocenters. The number of unbranched alkanes of at least 4 members (excludes halogenated alkanes) is 1. The average molecular weight is 432 g/mol. The molecule has 2 bridgehead atoms. The fraction of sp³-hybridized carbons (Fsp3) is 1.00. The lowest BCUT2D eigenvalue weighted by Gasteiger charge is -2.53. The highest BCUT2D eigenvalue weighted by Gasteiger charge is 2.67. The maximum absolute atomic E-state index is 12.9. The molecule has 0 spiro atoms. The molecule has 3 rings (SSSR count). The third-order valence-corrected chi connectivity index (χ3v) is 7.30. The van der Waals surface area contributed by atoms with Crippen molar-refractivity contribution in [3.8, 4) is 0 Å². The van der Waals surface area contributed by atoms with Crippen molar-refractivity contribution in [3.05, 3.63) is 0 Å². The second-order valence-corrected chi connectivity index (χ2v) is 10.00. The first-order chi connectivity index (χ1) is 11.6. The van der Waals surface area contributed by atoms with Crippen LogP contribution in [0.3, 0.4) is 0 Å². The molecule has 0 saturated carbocycles. The van der Waals surface area contributed by atoms with Gasteiger partial charge < -0.3 is 4.65 Å². The molecule has 3 aliphatic heterocycles. The predicted molar refractivity (Wildman–Crippen MR) is 77.0 cm³/mol. The van der Waals surface area contributed by atoms with Crippen molar-refractivity contribution in [1.82, 2.24) is 8.43 Å². The van der Waals surface area contributed by atoms with Crippen LogP contribution in [-0.4, -0.2) is 63.2 Å². The number of fused-ring (bicyclic) bond motifs is 3. The highest BCUT2D eigenvalue weighted by molar-refractivity contribution is 7.92. The van der Waals surface area contributed by atoms with Gasteiger partial charge in [0, 0.05) is 25.1 Å². The van der Waals surface area contributed by atoms with Crippen LogP contribution in [0.5, 0.6) is 0 Å². The van der Waals surface area contributed by atoms with Crippen LogP contribution in [0.4, 0.5) is 26.3 Å². The number of hydrogen-bond acceptors (Lipinski definition) is 5. The van der Waals surface area contributed by atoms with Gasteiger partial charge in [0.2, 0.25) is 0 Å². The average Bonchev–Trinajstić information content (AvgIpc) is 2.51. The molecule has 0 aromatic heterocycles. The summed E-state index contributed by atoms with van der Waals surface area (Å²) in [5.41, 5.74) is -13.1.